The fourth-order valence-electron chi connectivity index (χ4n) is 2.81. The van der Waals surface area contributed by atoms with Gasteiger partial charge in [0.2, 0.25) is 5.91 Å². The van der Waals surface area contributed by atoms with Crippen LogP contribution in [0.1, 0.15) is 18.5 Å². The zero-order valence-electron chi connectivity index (χ0n) is 13.3. The first-order valence-electron chi connectivity index (χ1n) is 7.63. The third-order valence-electron chi connectivity index (χ3n) is 3.99. The zero-order chi connectivity index (χ0) is 18.0. The summed E-state index contributed by atoms with van der Waals surface area (Å²) < 4.78 is 0. The van der Waals surface area contributed by atoms with E-state index in [9.17, 15) is 9.59 Å². The Morgan fingerprint density at radius 1 is 1.12 bits per heavy atom. The lowest BCUT2D eigenvalue weighted by molar-refractivity contribution is -0.118. The number of aliphatic imine (C=N–C) groups is 1. The van der Waals surface area contributed by atoms with Gasteiger partial charge in [0, 0.05) is 5.71 Å². The van der Waals surface area contributed by atoms with Crippen LogP contribution in [0.15, 0.2) is 53.5 Å². The Hall–Kier alpha value is -2.37. The maximum absolute atomic E-state index is 12.9. The average Bonchev–Trinajstić information content (AvgIpc) is 2.59. The summed E-state index contributed by atoms with van der Waals surface area (Å²) in [6.45, 7) is 1.67. The number of nitrogens with zero attached hydrogens (tertiary/aromatic N) is 1. The first-order valence-corrected chi connectivity index (χ1v) is 8.38. The van der Waals surface area contributed by atoms with Gasteiger partial charge in [-0.1, -0.05) is 59.6 Å². The highest BCUT2D eigenvalue weighted by Crippen LogP contribution is 2.32. The Morgan fingerprint density at radius 2 is 1.84 bits per heavy atom. The van der Waals surface area contributed by atoms with E-state index in [2.05, 4.69) is 15.6 Å². The summed E-state index contributed by atoms with van der Waals surface area (Å²) in [4.78, 5) is 28.6. The van der Waals surface area contributed by atoms with Crippen molar-refractivity contribution in [1.82, 2.24) is 5.32 Å². The Bertz CT molecular complexity index is 853. The molecule has 0 spiro atoms. The van der Waals surface area contributed by atoms with Gasteiger partial charge in [0.25, 0.3) is 0 Å². The number of anilines is 1. The first kappa shape index (κ1) is 17.5. The van der Waals surface area contributed by atoms with Crippen LogP contribution in [0.5, 0.6) is 0 Å². The van der Waals surface area contributed by atoms with Gasteiger partial charge in [0.1, 0.15) is 5.92 Å². The highest BCUT2D eigenvalue weighted by Gasteiger charge is 2.36. The Kier molecular flexibility index (Phi) is 5.06. The number of halogens is 2. The number of carbonyl (C=O) groups is 2. The molecule has 2 aromatic carbocycles. The Balaban J connectivity index is 1.93. The quantitative estimate of drug-likeness (QED) is 0.830. The van der Waals surface area contributed by atoms with Crippen molar-refractivity contribution < 1.29 is 9.59 Å². The number of hydrogen-bond acceptors (Lipinski definition) is 2. The molecule has 2 atom stereocenters. The van der Waals surface area contributed by atoms with E-state index in [4.69, 9.17) is 23.2 Å². The second kappa shape index (κ2) is 7.25. The van der Waals surface area contributed by atoms with Crippen LogP contribution in [-0.4, -0.2) is 17.6 Å². The summed E-state index contributed by atoms with van der Waals surface area (Å²) in [5.41, 5.74) is 1.67. The number of urea groups is 1. The van der Waals surface area contributed by atoms with Gasteiger partial charge in [-0.2, -0.15) is 0 Å². The summed E-state index contributed by atoms with van der Waals surface area (Å²) in [5, 5.41) is 6.15. The number of carbonyl (C=O) groups excluding carboxylic acids is 2. The Labute approximate surface area is 155 Å². The summed E-state index contributed by atoms with van der Waals surface area (Å²) >= 11 is 12.1. The van der Waals surface area contributed by atoms with Crippen molar-refractivity contribution in [2.75, 3.05) is 5.32 Å². The number of amides is 3. The molecule has 5 nitrogen and oxygen atoms in total. The van der Waals surface area contributed by atoms with Gasteiger partial charge in [-0.15, -0.1) is 0 Å². The predicted molar refractivity (Wildman–Crippen MR) is 99.4 cm³/mol. The molecule has 1 heterocycles. The van der Waals surface area contributed by atoms with Crippen molar-refractivity contribution in [3.05, 3.63) is 64.1 Å². The molecule has 3 amide bonds. The van der Waals surface area contributed by atoms with Crippen LogP contribution in [0.4, 0.5) is 10.5 Å². The van der Waals surface area contributed by atoms with Crippen LogP contribution in [0.25, 0.3) is 0 Å². The van der Waals surface area contributed by atoms with Crippen molar-refractivity contribution in [1.29, 1.82) is 0 Å². The lowest BCUT2D eigenvalue weighted by Gasteiger charge is -2.30. The normalized spacial score (nSPS) is 19.8. The minimum Gasteiger partial charge on any atom is -0.328 e. The van der Waals surface area contributed by atoms with Crippen molar-refractivity contribution in [3.8, 4) is 0 Å². The van der Waals surface area contributed by atoms with Gasteiger partial charge in [-0.25, -0.2) is 9.79 Å². The molecule has 0 aliphatic carbocycles. The van der Waals surface area contributed by atoms with Crippen LogP contribution in [0.3, 0.4) is 0 Å². The van der Waals surface area contributed by atoms with E-state index in [1.165, 1.54) is 0 Å². The SMILES string of the molecule is CC1=NC(=O)NC(c2ccccc2)C1C(=O)Nc1cccc(Cl)c1Cl. The van der Waals surface area contributed by atoms with E-state index in [1.807, 2.05) is 30.3 Å². The van der Waals surface area contributed by atoms with E-state index in [-0.39, 0.29) is 10.9 Å². The minimum atomic E-state index is -0.657. The molecule has 0 saturated heterocycles. The number of nitrogens with one attached hydrogen (secondary N) is 2. The number of hydrogen-bond donors (Lipinski definition) is 2. The molecule has 7 heteroatoms. The van der Waals surface area contributed by atoms with E-state index >= 15 is 0 Å². The van der Waals surface area contributed by atoms with E-state index in [0.29, 0.717) is 16.4 Å². The lowest BCUT2D eigenvalue weighted by atomic mass is 9.87. The molecular formula is C18H15Cl2N3O2. The molecule has 2 unspecified atom stereocenters. The van der Waals surface area contributed by atoms with Crippen molar-refractivity contribution >= 4 is 46.5 Å². The molecule has 0 saturated carbocycles. The maximum atomic E-state index is 12.9. The molecule has 128 valence electrons. The molecule has 1 aliphatic heterocycles. The highest BCUT2D eigenvalue weighted by molar-refractivity contribution is 6.44. The van der Waals surface area contributed by atoms with E-state index in [0.717, 1.165) is 5.56 Å². The second-order valence-electron chi connectivity index (χ2n) is 5.66. The summed E-state index contributed by atoms with van der Waals surface area (Å²) in [7, 11) is 0. The summed E-state index contributed by atoms with van der Waals surface area (Å²) in [6, 6.07) is 13.3. The standard InChI is InChI=1S/C18H15Cl2N3O2/c1-10-14(17(24)22-13-9-5-8-12(19)15(13)20)16(23-18(25)21-10)11-6-3-2-4-7-11/h2-9,14,16H,1H3,(H,22,24)(H,23,25). The molecule has 0 fully saturated rings. The maximum Gasteiger partial charge on any atom is 0.341 e. The van der Waals surface area contributed by atoms with Gasteiger partial charge in [0.15, 0.2) is 0 Å². The predicted octanol–water partition coefficient (Wildman–Crippen LogP) is 4.47. The van der Waals surface area contributed by atoms with Gasteiger partial charge in [-0.3, -0.25) is 4.79 Å². The molecular weight excluding hydrogens is 361 g/mol. The van der Waals surface area contributed by atoms with Crippen molar-refractivity contribution in [2.45, 2.75) is 13.0 Å². The summed E-state index contributed by atoms with van der Waals surface area (Å²) in [5.74, 6) is -0.977. The van der Waals surface area contributed by atoms with E-state index in [1.54, 1.807) is 25.1 Å². The molecule has 0 radical (unpaired) electrons. The minimum absolute atomic E-state index is 0.267. The van der Waals surface area contributed by atoms with Crippen LogP contribution in [0.2, 0.25) is 10.0 Å². The van der Waals surface area contributed by atoms with Crippen LogP contribution < -0.4 is 10.6 Å². The molecule has 2 aromatic rings. The van der Waals surface area contributed by atoms with Gasteiger partial charge in [-0.05, 0) is 24.6 Å². The largest absolute Gasteiger partial charge is 0.341 e. The molecule has 0 aromatic heterocycles. The van der Waals surface area contributed by atoms with Crippen LogP contribution in [0, 0.1) is 5.92 Å². The van der Waals surface area contributed by atoms with Crippen molar-refractivity contribution in [3.63, 3.8) is 0 Å². The lowest BCUT2D eigenvalue weighted by Crippen LogP contribution is -2.45. The van der Waals surface area contributed by atoms with Gasteiger partial charge < -0.3 is 10.6 Å². The van der Waals surface area contributed by atoms with Gasteiger partial charge >= 0.3 is 6.03 Å². The fourth-order valence-corrected chi connectivity index (χ4v) is 3.16. The summed E-state index contributed by atoms with van der Waals surface area (Å²) in [6.07, 6.45) is 0. The van der Waals surface area contributed by atoms with E-state index < -0.39 is 18.0 Å². The van der Waals surface area contributed by atoms with Gasteiger partial charge in [0.05, 0.1) is 21.8 Å². The molecule has 25 heavy (non-hydrogen) atoms. The second-order valence-corrected chi connectivity index (χ2v) is 6.44. The number of rotatable bonds is 3. The van der Waals surface area contributed by atoms with Crippen LogP contribution >= 0.6 is 23.2 Å². The smallest absolute Gasteiger partial charge is 0.328 e. The number of benzene rings is 2. The molecule has 2 N–H and O–H groups in total. The third-order valence-corrected chi connectivity index (χ3v) is 4.81. The molecule has 3 rings (SSSR count). The third kappa shape index (κ3) is 3.67. The fraction of sp³-hybridized carbons (Fsp3) is 0.167. The van der Waals surface area contributed by atoms with Crippen molar-refractivity contribution in [2.24, 2.45) is 10.9 Å². The average molecular weight is 376 g/mol. The first-order chi connectivity index (χ1) is 12.0. The Morgan fingerprint density at radius 3 is 2.56 bits per heavy atom. The molecule has 1 aliphatic rings. The molecule has 0 bridgehead atoms. The topological polar surface area (TPSA) is 70.6 Å². The monoisotopic (exact) mass is 375 g/mol. The highest BCUT2D eigenvalue weighted by atomic mass is 35.5. The zero-order valence-corrected chi connectivity index (χ0v) is 14.8. The van der Waals surface area contributed by atoms with Crippen LogP contribution in [-0.2, 0) is 4.79 Å².